The van der Waals surface area contributed by atoms with E-state index in [1.807, 2.05) is 0 Å². The van der Waals surface area contributed by atoms with E-state index >= 15 is 0 Å². The van der Waals surface area contributed by atoms with E-state index in [0.717, 1.165) is 0 Å². The topological polar surface area (TPSA) is 12.0 Å². The van der Waals surface area contributed by atoms with Crippen LogP contribution in [0.25, 0.3) is 0 Å². The Morgan fingerprint density at radius 3 is 1.89 bits per heavy atom. The summed E-state index contributed by atoms with van der Waals surface area (Å²) in [7, 11) is 0. The minimum atomic E-state index is 1.19. The van der Waals surface area contributed by atoms with Crippen LogP contribution < -0.4 is 5.32 Å². The van der Waals surface area contributed by atoms with E-state index in [-0.39, 0.29) is 0 Å². The van der Waals surface area contributed by atoms with Gasteiger partial charge in [0.05, 0.1) is 0 Å². The van der Waals surface area contributed by atoms with Crippen molar-refractivity contribution in [3.63, 3.8) is 0 Å². The van der Waals surface area contributed by atoms with Crippen LogP contribution >= 0.6 is 0 Å². The first-order chi connectivity index (χ1) is 8.47. The van der Waals surface area contributed by atoms with Gasteiger partial charge >= 0.3 is 0 Å². The molecule has 94 valence electrons. The summed E-state index contributed by atoms with van der Waals surface area (Å²) in [4.78, 5) is 0. The van der Waals surface area contributed by atoms with Crippen LogP contribution in [-0.4, -0.2) is 0 Å². The van der Waals surface area contributed by atoms with Crippen LogP contribution in [0.5, 0.6) is 0 Å². The fourth-order valence-electron chi connectivity index (χ4n) is 2.19. The van der Waals surface area contributed by atoms with Crippen LogP contribution in [0.1, 0.15) is 27.8 Å². The number of aryl methyl sites for hydroxylation is 5. The molecule has 18 heavy (non-hydrogen) atoms. The SMILES string of the molecule is Cc1ccc(Nc2cc(C)c(C)cc2C)c(C)c1. The summed E-state index contributed by atoms with van der Waals surface area (Å²) in [5.74, 6) is 0. The number of benzene rings is 2. The minimum Gasteiger partial charge on any atom is -0.355 e. The van der Waals surface area contributed by atoms with Crippen molar-refractivity contribution in [3.8, 4) is 0 Å². The lowest BCUT2D eigenvalue weighted by Gasteiger charge is -2.14. The van der Waals surface area contributed by atoms with E-state index < -0.39 is 0 Å². The normalized spacial score (nSPS) is 10.5. The monoisotopic (exact) mass is 239 g/mol. The average molecular weight is 239 g/mol. The molecule has 0 saturated carbocycles. The van der Waals surface area contributed by atoms with Crippen molar-refractivity contribution < 1.29 is 0 Å². The first kappa shape index (κ1) is 12.7. The summed E-state index contributed by atoms with van der Waals surface area (Å²) in [6, 6.07) is 11.0. The molecular formula is C17H21N. The molecule has 1 N–H and O–H groups in total. The number of hydrogen-bond donors (Lipinski definition) is 1. The molecule has 0 spiro atoms. The lowest BCUT2D eigenvalue weighted by Crippen LogP contribution is -1.97. The molecule has 0 amide bonds. The zero-order valence-corrected chi connectivity index (χ0v) is 11.9. The molecule has 0 aromatic heterocycles. The Balaban J connectivity index is 2.37. The molecule has 0 aliphatic rings. The maximum absolute atomic E-state index is 3.54. The standard InChI is InChI=1S/C17H21N/c1-11-6-7-16(14(4)8-11)18-17-10-13(3)12(2)9-15(17)5/h6-10,18H,1-5H3. The number of hydrogen-bond acceptors (Lipinski definition) is 1. The smallest absolute Gasteiger partial charge is 0.0416 e. The molecule has 0 fully saturated rings. The van der Waals surface area contributed by atoms with Crippen molar-refractivity contribution >= 4 is 11.4 Å². The van der Waals surface area contributed by atoms with Crippen LogP contribution in [0.3, 0.4) is 0 Å². The van der Waals surface area contributed by atoms with Crippen LogP contribution in [-0.2, 0) is 0 Å². The summed E-state index contributed by atoms with van der Waals surface area (Å²) in [5.41, 5.74) is 8.93. The summed E-state index contributed by atoms with van der Waals surface area (Å²) in [5, 5.41) is 3.54. The molecule has 0 aliphatic heterocycles. The number of nitrogens with one attached hydrogen (secondary N) is 1. The summed E-state index contributed by atoms with van der Waals surface area (Å²) in [6.07, 6.45) is 0. The number of anilines is 2. The highest BCUT2D eigenvalue weighted by Crippen LogP contribution is 2.26. The first-order valence-electron chi connectivity index (χ1n) is 6.39. The van der Waals surface area contributed by atoms with Crippen molar-refractivity contribution in [2.75, 3.05) is 5.32 Å². The summed E-state index contributed by atoms with van der Waals surface area (Å²) in [6.45, 7) is 10.7. The quantitative estimate of drug-likeness (QED) is 0.780. The van der Waals surface area contributed by atoms with Gasteiger partial charge in [-0.15, -0.1) is 0 Å². The second-order valence-electron chi connectivity index (χ2n) is 5.19. The Hall–Kier alpha value is -1.76. The fourth-order valence-corrected chi connectivity index (χ4v) is 2.19. The highest BCUT2D eigenvalue weighted by Gasteiger charge is 2.04. The molecule has 0 atom stereocenters. The minimum absolute atomic E-state index is 1.19. The molecular weight excluding hydrogens is 218 g/mol. The fraction of sp³-hybridized carbons (Fsp3) is 0.294. The largest absolute Gasteiger partial charge is 0.355 e. The Bertz CT molecular complexity index is 582. The van der Waals surface area contributed by atoms with E-state index in [0.29, 0.717) is 0 Å². The maximum atomic E-state index is 3.54. The maximum Gasteiger partial charge on any atom is 0.0416 e. The molecule has 2 aromatic rings. The molecule has 0 radical (unpaired) electrons. The van der Waals surface area contributed by atoms with Crippen molar-refractivity contribution in [2.24, 2.45) is 0 Å². The van der Waals surface area contributed by atoms with Crippen molar-refractivity contribution in [3.05, 3.63) is 58.1 Å². The Kier molecular flexibility index (Phi) is 3.42. The first-order valence-corrected chi connectivity index (χ1v) is 6.39. The van der Waals surface area contributed by atoms with Crippen LogP contribution in [0.4, 0.5) is 11.4 Å². The molecule has 0 heterocycles. The van der Waals surface area contributed by atoms with Gasteiger partial charge in [-0.3, -0.25) is 0 Å². The van der Waals surface area contributed by atoms with Crippen molar-refractivity contribution in [1.29, 1.82) is 0 Å². The molecule has 0 saturated heterocycles. The van der Waals surface area contributed by atoms with Gasteiger partial charge in [-0.2, -0.15) is 0 Å². The van der Waals surface area contributed by atoms with Gasteiger partial charge in [0.25, 0.3) is 0 Å². The van der Waals surface area contributed by atoms with Gasteiger partial charge in [-0.25, -0.2) is 0 Å². The third-order valence-electron chi connectivity index (χ3n) is 3.49. The third kappa shape index (κ3) is 2.56. The van der Waals surface area contributed by atoms with E-state index in [2.05, 4.69) is 70.3 Å². The van der Waals surface area contributed by atoms with Gasteiger partial charge in [0.15, 0.2) is 0 Å². The predicted molar refractivity (Wildman–Crippen MR) is 79.9 cm³/mol. The highest BCUT2D eigenvalue weighted by atomic mass is 14.9. The Morgan fingerprint density at radius 2 is 1.22 bits per heavy atom. The molecule has 1 nitrogen and oxygen atoms in total. The van der Waals surface area contributed by atoms with E-state index in [1.54, 1.807) is 0 Å². The van der Waals surface area contributed by atoms with E-state index in [9.17, 15) is 0 Å². The van der Waals surface area contributed by atoms with Gasteiger partial charge in [-0.1, -0.05) is 23.8 Å². The zero-order chi connectivity index (χ0) is 13.3. The third-order valence-corrected chi connectivity index (χ3v) is 3.49. The predicted octanol–water partition coefficient (Wildman–Crippen LogP) is 4.97. The summed E-state index contributed by atoms with van der Waals surface area (Å²) < 4.78 is 0. The Labute approximate surface area is 110 Å². The van der Waals surface area contributed by atoms with E-state index in [4.69, 9.17) is 0 Å². The Morgan fingerprint density at radius 1 is 0.611 bits per heavy atom. The highest BCUT2D eigenvalue weighted by molar-refractivity contribution is 5.67. The van der Waals surface area contributed by atoms with Crippen molar-refractivity contribution in [2.45, 2.75) is 34.6 Å². The van der Waals surface area contributed by atoms with E-state index in [1.165, 1.54) is 39.2 Å². The second kappa shape index (κ2) is 4.85. The van der Waals surface area contributed by atoms with Crippen LogP contribution in [0.2, 0.25) is 0 Å². The molecule has 2 rings (SSSR count). The molecule has 0 bridgehead atoms. The summed E-state index contributed by atoms with van der Waals surface area (Å²) >= 11 is 0. The van der Waals surface area contributed by atoms with Crippen molar-refractivity contribution in [1.82, 2.24) is 0 Å². The number of rotatable bonds is 2. The van der Waals surface area contributed by atoms with Gasteiger partial charge in [0.2, 0.25) is 0 Å². The molecule has 2 aromatic carbocycles. The van der Waals surface area contributed by atoms with Gasteiger partial charge in [-0.05, 0) is 69.0 Å². The molecule has 1 heteroatoms. The van der Waals surface area contributed by atoms with Crippen LogP contribution in [0.15, 0.2) is 30.3 Å². The van der Waals surface area contributed by atoms with Crippen LogP contribution in [0, 0.1) is 34.6 Å². The lowest BCUT2D eigenvalue weighted by atomic mass is 10.0. The van der Waals surface area contributed by atoms with Gasteiger partial charge < -0.3 is 5.32 Å². The lowest BCUT2D eigenvalue weighted by molar-refractivity contribution is 1.29. The zero-order valence-electron chi connectivity index (χ0n) is 11.9. The average Bonchev–Trinajstić information content (AvgIpc) is 2.29. The molecule has 0 unspecified atom stereocenters. The van der Waals surface area contributed by atoms with Gasteiger partial charge in [0, 0.05) is 11.4 Å². The molecule has 0 aliphatic carbocycles. The van der Waals surface area contributed by atoms with Gasteiger partial charge in [0.1, 0.15) is 0 Å². The second-order valence-corrected chi connectivity index (χ2v) is 5.19.